The summed E-state index contributed by atoms with van der Waals surface area (Å²) < 4.78 is 53.1. The zero-order chi connectivity index (χ0) is 93.3. The van der Waals surface area contributed by atoms with Crippen LogP contribution in [0.4, 0.5) is 13.2 Å². The average Bonchev–Trinajstić information content (AvgIpc) is 1.70. The molecule has 0 amide bonds. The standard InChI is InChI=1S/C15H18BN3O2S.C14H21BN2O2.C13H16BF3N2O2.C13H19BN2O2.C12H17BN2O2.C11H16BN3O2.C10H14BN3O2/c20-16(21)8-4-1-5-9-19-14-7-3-2-6-12(14)18-15(19)13-10-22-11-17-13;1-11-8-13-14(9-12(11)2)17(10-16-13)7-5-3-4-6-15(18)19;15-13(16,17)12-18-10-6-2-3-7-11(10)19(12)9-5-1-4-8-14(20)21;1-10-7-12-13(8-11(10)2)16(9-15-12)6-4-3-5-14(17)18;16-13(17)8-4-1-5-9-15-10-14-11-6-2-3-7-12(11)15;16-12(17)5-2-1-3-7-15-9-14-10-8-13-6-4-11(10)15;15-11(16)4-1-2-6-14-8-13-9-7-12-5-3-10(9)14/h2-3,6-7,10-11,20-21H,1,4-5,8-9H2;8-10,18-19H,3-7H2,1-2H3;2-3,6-7,20-21H,1,4-5,8-9H2;7-9,17-18H,3-6H2,1-2H3;2-3,6-7,10,16-17H,1,4-5,8-9H2;4,6,8-9,16-17H,1-3,5,7H2;3,5,7-8,15-16H,1-2,4,6H2. The van der Waals surface area contributed by atoms with E-state index in [-0.39, 0.29) is 12.9 Å². The highest BCUT2D eigenvalue weighted by molar-refractivity contribution is 7.07. The third-order valence-electron chi connectivity index (χ3n) is 22.1. The van der Waals surface area contributed by atoms with Crippen LogP contribution < -0.4 is 0 Å². The molecule has 0 atom stereocenters. The molecule has 0 fully saturated rings. The SMILES string of the molecule is Cc1cc2ncn(CCCCB(O)O)c2cc1C.Cc1cc2ncn(CCCCCB(O)O)c2cc1C.OB(O)CCCCCn1c(-c2cscn2)nc2ccccc21.OB(O)CCCCCn1c(C(F)(F)F)nc2ccccc21.OB(O)CCCCCn1cnc2ccccc21.OB(O)CCCCCn1cnc2cnccc21.OB(O)CCCCn1cnc2cnccc21. The van der Waals surface area contributed by atoms with E-state index in [2.05, 4.69) is 136 Å². The van der Waals surface area contributed by atoms with Gasteiger partial charge in [0, 0.05) is 63.6 Å². The molecule has 15 rings (SSSR count). The number of benzene rings is 5. The number of pyridine rings is 2. The van der Waals surface area contributed by atoms with E-state index in [1.807, 2.05) is 84.7 Å². The van der Waals surface area contributed by atoms with E-state index in [1.165, 1.54) is 32.3 Å². The molecule has 0 saturated heterocycles. The zero-order valence-electron chi connectivity index (χ0n) is 74.5. The highest BCUT2D eigenvalue weighted by Gasteiger charge is 2.37. The molecule has 5 aromatic carbocycles. The molecule has 690 valence electrons. The highest BCUT2D eigenvalue weighted by atomic mass is 32.1. The Hall–Kier alpha value is -10.00. The Morgan fingerprint density at radius 1 is 0.300 bits per heavy atom. The van der Waals surface area contributed by atoms with Crippen LogP contribution in [0.2, 0.25) is 44.2 Å². The minimum Gasteiger partial charge on any atom is -0.427 e. The second-order valence-corrected chi connectivity index (χ2v) is 33.1. The lowest BCUT2D eigenvalue weighted by Crippen LogP contribution is -2.15. The molecule has 0 aliphatic heterocycles. The van der Waals surface area contributed by atoms with Gasteiger partial charge in [0.1, 0.15) is 16.7 Å². The number of para-hydroxylation sites is 6. The normalized spacial score (nSPS) is 11.2. The molecule has 0 saturated carbocycles. The van der Waals surface area contributed by atoms with E-state index in [0.717, 1.165) is 214 Å². The fourth-order valence-electron chi connectivity index (χ4n) is 14.8. The molecular weight excluding hydrogens is 1680 g/mol. The van der Waals surface area contributed by atoms with Crippen molar-refractivity contribution < 1.29 is 83.5 Å². The van der Waals surface area contributed by atoms with Crippen LogP contribution in [0.5, 0.6) is 0 Å². The fourth-order valence-corrected chi connectivity index (χ4v) is 15.4. The van der Waals surface area contributed by atoms with Crippen molar-refractivity contribution in [2.45, 2.75) is 246 Å². The number of aromatic nitrogens is 17. The molecule has 14 N–H and O–H groups in total. The number of aryl methyl sites for hydroxylation is 11. The van der Waals surface area contributed by atoms with Crippen molar-refractivity contribution in [1.29, 1.82) is 0 Å². The largest absolute Gasteiger partial charge is 0.451 e. The van der Waals surface area contributed by atoms with Gasteiger partial charge in [-0.05, 0) is 212 Å². The number of halogens is 3. The van der Waals surface area contributed by atoms with Crippen molar-refractivity contribution in [3.8, 4) is 11.5 Å². The number of imidazole rings is 7. The summed E-state index contributed by atoms with van der Waals surface area (Å²) in [5.41, 5.74) is 21.3. The third kappa shape index (κ3) is 34.3. The van der Waals surface area contributed by atoms with Gasteiger partial charge in [0.25, 0.3) is 0 Å². The van der Waals surface area contributed by atoms with Crippen LogP contribution in [0.15, 0.2) is 177 Å². The number of alkyl halides is 3. The number of hydrogen-bond acceptors (Lipinski definition) is 25. The van der Waals surface area contributed by atoms with Crippen molar-refractivity contribution in [2.75, 3.05) is 0 Å². The monoisotopic (exact) mass is 1810 g/mol. The molecular formula is C88H121B7F3N17O14S. The number of fused-ring (bicyclic) bond motifs is 7. The van der Waals surface area contributed by atoms with Crippen LogP contribution in [0.1, 0.15) is 150 Å². The molecule has 15 aromatic rings. The predicted molar refractivity (Wildman–Crippen MR) is 511 cm³/mol. The third-order valence-corrected chi connectivity index (χ3v) is 22.7. The van der Waals surface area contributed by atoms with Crippen molar-refractivity contribution >= 4 is 138 Å². The summed E-state index contributed by atoms with van der Waals surface area (Å²) in [6, 6.07) is 35.2. The van der Waals surface area contributed by atoms with E-state index < -0.39 is 61.8 Å². The van der Waals surface area contributed by atoms with Crippen LogP contribution >= 0.6 is 11.3 Å². The van der Waals surface area contributed by atoms with E-state index in [1.54, 1.807) is 66.7 Å². The summed E-state index contributed by atoms with van der Waals surface area (Å²) in [6.07, 6.45) is 31.2. The summed E-state index contributed by atoms with van der Waals surface area (Å²) in [5.74, 6) is 0.0236. The van der Waals surface area contributed by atoms with Gasteiger partial charge in [-0.25, -0.2) is 39.9 Å². The van der Waals surface area contributed by atoms with Gasteiger partial charge in [-0.3, -0.25) is 9.97 Å². The van der Waals surface area contributed by atoms with Gasteiger partial charge in [0.2, 0.25) is 5.82 Å². The minimum atomic E-state index is -4.49. The van der Waals surface area contributed by atoms with Gasteiger partial charge in [0.15, 0.2) is 5.82 Å². The van der Waals surface area contributed by atoms with Crippen molar-refractivity contribution in [3.05, 3.63) is 205 Å². The first kappa shape index (κ1) is 104. The first-order chi connectivity index (χ1) is 62.6. The van der Waals surface area contributed by atoms with Gasteiger partial charge in [-0.1, -0.05) is 113 Å². The van der Waals surface area contributed by atoms with Gasteiger partial charge in [0.05, 0.1) is 116 Å². The second kappa shape index (κ2) is 54.7. The van der Waals surface area contributed by atoms with Gasteiger partial charge >= 0.3 is 56.0 Å². The lowest BCUT2D eigenvalue weighted by atomic mass is 9.83. The number of unbranched alkanes of at least 4 members (excludes halogenated alkanes) is 12. The fraction of sp³-hybridized carbons (Fsp3) is 0.432. The van der Waals surface area contributed by atoms with Crippen LogP contribution in [-0.4, -0.2) is 202 Å². The quantitative estimate of drug-likeness (QED) is 0.0125. The average molecular weight is 1810 g/mol. The zero-order valence-corrected chi connectivity index (χ0v) is 75.3. The van der Waals surface area contributed by atoms with Crippen molar-refractivity contribution in [3.63, 3.8) is 0 Å². The smallest absolute Gasteiger partial charge is 0.427 e. The predicted octanol–water partition coefficient (Wildman–Crippen LogP) is 13.1. The van der Waals surface area contributed by atoms with E-state index in [0.29, 0.717) is 68.2 Å². The van der Waals surface area contributed by atoms with Crippen molar-refractivity contribution in [1.82, 2.24) is 81.8 Å². The molecule has 0 radical (unpaired) electrons. The number of nitrogens with zero attached hydrogens (tertiary/aromatic N) is 17. The first-order valence-corrected chi connectivity index (χ1v) is 45.7. The summed E-state index contributed by atoms with van der Waals surface area (Å²) >= 11 is 1.57. The maximum Gasteiger partial charge on any atom is 0.451 e. The highest BCUT2D eigenvalue weighted by Crippen LogP contribution is 2.33. The summed E-state index contributed by atoms with van der Waals surface area (Å²) in [4.78, 5) is 42.4. The Labute approximate surface area is 761 Å². The molecule has 42 heteroatoms. The number of thiazole rings is 1. The minimum absolute atomic E-state index is 0.205. The second-order valence-electron chi connectivity index (χ2n) is 32.4. The number of rotatable bonds is 41. The molecule has 0 aliphatic rings. The Morgan fingerprint density at radius 3 is 0.977 bits per heavy atom. The van der Waals surface area contributed by atoms with Crippen LogP contribution in [0.3, 0.4) is 0 Å². The van der Waals surface area contributed by atoms with Crippen molar-refractivity contribution in [2.24, 2.45) is 0 Å². The lowest BCUT2D eigenvalue weighted by molar-refractivity contribution is -0.147. The topological polar surface area (TPSA) is 447 Å². The Bertz CT molecular complexity index is 5670. The van der Waals surface area contributed by atoms with E-state index in [4.69, 9.17) is 75.3 Å². The van der Waals surface area contributed by atoms with E-state index >= 15 is 0 Å². The molecule has 0 bridgehead atoms. The summed E-state index contributed by atoms with van der Waals surface area (Å²) in [6.45, 7) is 14.0. The first-order valence-electron chi connectivity index (χ1n) is 44.7. The maximum atomic E-state index is 13.0. The molecule has 0 unspecified atom stereocenters. The molecule has 31 nitrogen and oxygen atoms in total. The number of hydrogen-bond donors (Lipinski definition) is 14. The Morgan fingerprint density at radius 2 is 0.600 bits per heavy atom. The molecule has 10 aromatic heterocycles. The van der Waals surface area contributed by atoms with Crippen LogP contribution in [-0.2, 0) is 52.0 Å². The van der Waals surface area contributed by atoms with Gasteiger partial charge in [-0.2, -0.15) is 13.2 Å². The lowest BCUT2D eigenvalue weighted by Gasteiger charge is -2.11. The summed E-state index contributed by atoms with van der Waals surface area (Å²) in [7, 11) is -8.43. The Balaban J connectivity index is 0.000000171. The van der Waals surface area contributed by atoms with Crippen LogP contribution in [0, 0.1) is 27.7 Å². The van der Waals surface area contributed by atoms with Gasteiger partial charge in [-0.15, -0.1) is 11.3 Å². The molecule has 130 heavy (non-hydrogen) atoms. The maximum absolute atomic E-state index is 13.0. The van der Waals surface area contributed by atoms with Gasteiger partial charge < -0.3 is 102 Å². The molecule has 0 aliphatic carbocycles. The molecule has 0 spiro atoms. The van der Waals surface area contributed by atoms with E-state index in [9.17, 15) is 13.2 Å². The summed E-state index contributed by atoms with van der Waals surface area (Å²) in [5, 5.41) is 125. The molecule has 10 heterocycles. The Kier molecular flexibility index (Phi) is 43.7. The van der Waals surface area contributed by atoms with Crippen LogP contribution in [0.25, 0.3) is 88.8 Å².